The fraction of sp³-hybridized carbons (Fsp3) is 0.364. The van der Waals surface area contributed by atoms with E-state index in [1.165, 1.54) is 0 Å². The lowest BCUT2D eigenvalue weighted by atomic mass is 10.3. The van der Waals surface area contributed by atoms with Crippen molar-refractivity contribution in [3.8, 4) is 0 Å². The minimum atomic E-state index is -0.221. The molecule has 0 aliphatic rings. The zero-order valence-electron chi connectivity index (χ0n) is 9.32. The number of anilines is 2. The highest BCUT2D eigenvalue weighted by Gasteiger charge is 1.99. The summed E-state index contributed by atoms with van der Waals surface area (Å²) in [6.45, 7) is 1.23. The Bertz CT molecular complexity index is 325. The molecule has 4 N–H and O–H groups in total. The molecule has 1 rings (SSSR count). The average Bonchev–Trinajstić information content (AvgIpc) is 2.28. The number of nitrogen functional groups attached to an aromatic ring is 1. The molecule has 0 radical (unpaired) electrons. The van der Waals surface area contributed by atoms with E-state index >= 15 is 0 Å². The molecular weight excluding hydrogens is 206 g/mol. The van der Waals surface area contributed by atoms with Gasteiger partial charge in [-0.05, 0) is 30.7 Å². The van der Waals surface area contributed by atoms with E-state index in [-0.39, 0.29) is 6.03 Å². The van der Waals surface area contributed by atoms with Gasteiger partial charge in [-0.2, -0.15) is 0 Å². The van der Waals surface area contributed by atoms with Crippen LogP contribution in [0.1, 0.15) is 6.42 Å². The number of rotatable bonds is 5. The van der Waals surface area contributed by atoms with Crippen LogP contribution in [-0.4, -0.2) is 26.3 Å². The number of benzene rings is 1. The van der Waals surface area contributed by atoms with E-state index < -0.39 is 0 Å². The quantitative estimate of drug-likeness (QED) is 0.522. The van der Waals surface area contributed by atoms with Gasteiger partial charge < -0.3 is 21.1 Å². The smallest absolute Gasteiger partial charge is 0.319 e. The van der Waals surface area contributed by atoms with E-state index in [1.54, 1.807) is 31.4 Å². The number of carbonyl (C=O) groups is 1. The molecule has 5 heteroatoms. The van der Waals surface area contributed by atoms with Crippen molar-refractivity contribution in [2.75, 3.05) is 31.3 Å². The number of methoxy groups -OCH3 is 1. The van der Waals surface area contributed by atoms with Crippen molar-refractivity contribution in [1.82, 2.24) is 5.32 Å². The van der Waals surface area contributed by atoms with Crippen molar-refractivity contribution in [1.29, 1.82) is 0 Å². The molecule has 2 amide bonds. The largest absolute Gasteiger partial charge is 0.399 e. The summed E-state index contributed by atoms with van der Waals surface area (Å²) >= 11 is 0. The molecule has 0 fully saturated rings. The van der Waals surface area contributed by atoms with Crippen molar-refractivity contribution in [2.24, 2.45) is 0 Å². The Morgan fingerprint density at radius 2 is 2.06 bits per heavy atom. The second-order valence-corrected chi connectivity index (χ2v) is 3.35. The minimum absolute atomic E-state index is 0.221. The van der Waals surface area contributed by atoms with Crippen LogP contribution >= 0.6 is 0 Å². The third kappa shape index (κ3) is 4.65. The van der Waals surface area contributed by atoms with E-state index in [0.29, 0.717) is 18.8 Å². The Hall–Kier alpha value is -1.75. The Labute approximate surface area is 95.0 Å². The van der Waals surface area contributed by atoms with Gasteiger partial charge in [0.05, 0.1) is 0 Å². The number of hydrogen-bond donors (Lipinski definition) is 3. The van der Waals surface area contributed by atoms with Crippen molar-refractivity contribution in [3.05, 3.63) is 24.3 Å². The molecule has 16 heavy (non-hydrogen) atoms. The molecule has 0 aliphatic carbocycles. The number of carbonyl (C=O) groups excluding carboxylic acids is 1. The van der Waals surface area contributed by atoms with Crippen LogP contribution in [0.4, 0.5) is 16.2 Å². The molecule has 0 aliphatic heterocycles. The number of nitrogens with one attached hydrogen (secondary N) is 2. The summed E-state index contributed by atoms with van der Waals surface area (Å²) in [5, 5.41) is 5.42. The molecule has 0 aromatic heterocycles. The highest BCUT2D eigenvalue weighted by molar-refractivity contribution is 5.89. The van der Waals surface area contributed by atoms with Gasteiger partial charge in [0.2, 0.25) is 0 Å². The van der Waals surface area contributed by atoms with Crippen molar-refractivity contribution < 1.29 is 9.53 Å². The van der Waals surface area contributed by atoms with Gasteiger partial charge in [0.1, 0.15) is 0 Å². The van der Waals surface area contributed by atoms with Gasteiger partial charge in [-0.15, -0.1) is 0 Å². The van der Waals surface area contributed by atoms with Crippen LogP contribution in [-0.2, 0) is 4.74 Å². The molecule has 0 heterocycles. The van der Waals surface area contributed by atoms with Crippen LogP contribution in [0, 0.1) is 0 Å². The number of nitrogens with two attached hydrogens (primary N) is 1. The number of hydrogen-bond acceptors (Lipinski definition) is 3. The number of amides is 2. The normalized spacial score (nSPS) is 9.81. The number of ether oxygens (including phenoxy) is 1. The fourth-order valence-electron chi connectivity index (χ4n) is 1.16. The topological polar surface area (TPSA) is 76.4 Å². The summed E-state index contributed by atoms with van der Waals surface area (Å²) in [5.41, 5.74) is 6.92. The van der Waals surface area contributed by atoms with Crippen LogP contribution < -0.4 is 16.4 Å². The van der Waals surface area contributed by atoms with Gasteiger partial charge >= 0.3 is 6.03 Å². The molecule has 0 unspecified atom stereocenters. The Morgan fingerprint density at radius 3 is 2.69 bits per heavy atom. The third-order valence-corrected chi connectivity index (χ3v) is 1.98. The van der Waals surface area contributed by atoms with Crippen LogP contribution in [0.2, 0.25) is 0 Å². The van der Waals surface area contributed by atoms with Gasteiger partial charge in [0, 0.05) is 31.6 Å². The molecule has 0 saturated heterocycles. The van der Waals surface area contributed by atoms with E-state index in [9.17, 15) is 4.79 Å². The second-order valence-electron chi connectivity index (χ2n) is 3.35. The highest BCUT2D eigenvalue weighted by Crippen LogP contribution is 2.09. The molecule has 0 atom stereocenters. The molecule has 0 bridgehead atoms. The Kier molecular flexibility index (Phi) is 5.15. The van der Waals surface area contributed by atoms with E-state index in [4.69, 9.17) is 10.5 Å². The summed E-state index contributed by atoms with van der Waals surface area (Å²) in [4.78, 5) is 11.4. The lowest BCUT2D eigenvalue weighted by molar-refractivity contribution is 0.194. The maximum Gasteiger partial charge on any atom is 0.319 e. The van der Waals surface area contributed by atoms with Gasteiger partial charge in [0.15, 0.2) is 0 Å². The van der Waals surface area contributed by atoms with Gasteiger partial charge in [0.25, 0.3) is 0 Å². The van der Waals surface area contributed by atoms with Crippen molar-refractivity contribution in [3.63, 3.8) is 0 Å². The Morgan fingerprint density at radius 1 is 1.38 bits per heavy atom. The van der Waals surface area contributed by atoms with Crippen molar-refractivity contribution >= 4 is 17.4 Å². The van der Waals surface area contributed by atoms with Crippen LogP contribution in [0.15, 0.2) is 24.3 Å². The first-order valence-corrected chi connectivity index (χ1v) is 5.11. The minimum Gasteiger partial charge on any atom is -0.399 e. The Balaban J connectivity index is 2.26. The first kappa shape index (κ1) is 12.3. The SMILES string of the molecule is COCCCNC(=O)Nc1ccc(N)cc1. The lowest BCUT2D eigenvalue weighted by Crippen LogP contribution is -2.29. The average molecular weight is 223 g/mol. The molecule has 5 nitrogen and oxygen atoms in total. The van der Waals surface area contributed by atoms with Gasteiger partial charge in [-0.25, -0.2) is 4.79 Å². The molecule has 0 saturated carbocycles. The molecule has 1 aromatic rings. The second kappa shape index (κ2) is 6.68. The molecule has 1 aromatic carbocycles. The van der Waals surface area contributed by atoms with Crippen LogP contribution in [0.25, 0.3) is 0 Å². The molecule has 88 valence electrons. The number of urea groups is 1. The molecule has 0 spiro atoms. The summed E-state index contributed by atoms with van der Waals surface area (Å²) in [6.07, 6.45) is 0.797. The van der Waals surface area contributed by atoms with Crippen LogP contribution in [0.5, 0.6) is 0 Å². The summed E-state index contributed by atoms with van der Waals surface area (Å²) in [6, 6.07) is 6.76. The third-order valence-electron chi connectivity index (χ3n) is 1.98. The zero-order chi connectivity index (χ0) is 11.8. The van der Waals surface area contributed by atoms with Crippen molar-refractivity contribution in [2.45, 2.75) is 6.42 Å². The summed E-state index contributed by atoms with van der Waals surface area (Å²) in [7, 11) is 1.63. The predicted octanol–water partition coefficient (Wildman–Crippen LogP) is 1.43. The maximum absolute atomic E-state index is 11.4. The van der Waals surface area contributed by atoms with Crippen LogP contribution in [0.3, 0.4) is 0 Å². The van der Waals surface area contributed by atoms with E-state index in [2.05, 4.69) is 10.6 Å². The predicted molar refractivity (Wildman–Crippen MR) is 64.4 cm³/mol. The lowest BCUT2D eigenvalue weighted by Gasteiger charge is -2.07. The maximum atomic E-state index is 11.4. The first-order valence-electron chi connectivity index (χ1n) is 5.11. The fourth-order valence-corrected chi connectivity index (χ4v) is 1.16. The highest BCUT2D eigenvalue weighted by atomic mass is 16.5. The standard InChI is InChI=1S/C11H17N3O2/c1-16-8-2-7-13-11(15)14-10-5-3-9(12)4-6-10/h3-6H,2,7-8,12H2,1H3,(H2,13,14,15). The van der Waals surface area contributed by atoms with Gasteiger partial charge in [-0.3, -0.25) is 0 Å². The summed E-state index contributed by atoms with van der Waals surface area (Å²) < 4.78 is 4.87. The van der Waals surface area contributed by atoms with E-state index in [1.807, 2.05) is 0 Å². The summed E-state index contributed by atoms with van der Waals surface area (Å²) in [5.74, 6) is 0. The molecular formula is C11H17N3O2. The zero-order valence-corrected chi connectivity index (χ0v) is 9.32. The monoisotopic (exact) mass is 223 g/mol. The van der Waals surface area contributed by atoms with Gasteiger partial charge in [-0.1, -0.05) is 0 Å². The first-order chi connectivity index (χ1) is 7.72. The van der Waals surface area contributed by atoms with E-state index in [0.717, 1.165) is 12.1 Å².